The Hall–Kier alpha value is -1.42. The van der Waals surface area contributed by atoms with E-state index in [0.29, 0.717) is 13.2 Å². The molecule has 4 nitrogen and oxygen atoms in total. The Morgan fingerprint density at radius 3 is 3.00 bits per heavy atom. The molecule has 1 atom stereocenters. The van der Waals surface area contributed by atoms with Crippen molar-refractivity contribution < 1.29 is 9.47 Å². The molecule has 1 aromatic heterocycles. The van der Waals surface area contributed by atoms with Crippen LogP contribution >= 0.6 is 0 Å². The molecule has 0 aliphatic carbocycles. The number of hydrogen-bond donors (Lipinski definition) is 0. The Bertz CT molecular complexity index is 333. The summed E-state index contributed by atoms with van der Waals surface area (Å²) < 4.78 is 10.4. The molecule has 4 heteroatoms. The van der Waals surface area contributed by atoms with Crippen LogP contribution in [0.25, 0.3) is 0 Å². The Morgan fingerprint density at radius 1 is 1.43 bits per heavy atom. The molecule has 0 saturated heterocycles. The van der Waals surface area contributed by atoms with Gasteiger partial charge in [0.25, 0.3) is 0 Å². The number of pyridine rings is 1. The number of methoxy groups -OCH3 is 1. The van der Waals surface area contributed by atoms with Crippen molar-refractivity contribution in [1.29, 1.82) is 0 Å². The van der Waals surface area contributed by atoms with E-state index in [2.05, 4.69) is 9.98 Å². The fraction of sp³-hybridized carbons (Fsp3) is 0.400. The molecule has 0 radical (unpaired) electrons. The lowest BCUT2D eigenvalue weighted by atomic mass is 10.2. The van der Waals surface area contributed by atoms with E-state index < -0.39 is 0 Å². The molecular weight excluding hydrogens is 180 g/mol. The molecule has 1 aliphatic heterocycles. The fourth-order valence-corrected chi connectivity index (χ4v) is 1.17. The summed E-state index contributed by atoms with van der Waals surface area (Å²) in [6.45, 7) is 1.13. The van der Waals surface area contributed by atoms with E-state index in [4.69, 9.17) is 9.47 Å². The third-order valence-corrected chi connectivity index (χ3v) is 1.92. The van der Waals surface area contributed by atoms with Crippen molar-refractivity contribution in [2.45, 2.75) is 6.04 Å². The van der Waals surface area contributed by atoms with Crippen LogP contribution < -0.4 is 4.74 Å². The molecular formula is C10H12N2O2. The Labute approximate surface area is 82.6 Å². The molecule has 0 aromatic carbocycles. The predicted molar refractivity (Wildman–Crippen MR) is 52.8 cm³/mol. The van der Waals surface area contributed by atoms with Crippen molar-refractivity contribution in [3.63, 3.8) is 0 Å². The summed E-state index contributed by atoms with van der Waals surface area (Å²) >= 11 is 0. The molecule has 0 N–H and O–H groups in total. The molecule has 0 bridgehead atoms. The number of nitrogens with zero attached hydrogens (tertiary/aromatic N) is 2. The van der Waals surface area contributed by atoms with E-state index >= 15 is 0 Å². The maximum Gasteiger partial charge on any atom is 0.143 e. The second kappa shape index (κ2) is 4.19. The molecule has 0 fully saturated rings. The monoisotopic (exact) mass is 192 g/mol. The minimum absolute atomic E-state index is 0.133. The number of ether oxygens (including phenoxy) is 2. The van der Waals surface area contributed by atoms with Crippen molar-refractivity contribution in [1.82, 2.24) is 4.98 Å². The zero-order chi connectivity index (χ0) is 9.80. The average molecular weight is 192 g/mol. The van der Waals surface area contributed by atoms with Crippen molar-refractivity contribution in [3.05, 3.63) is 24.0 Å². The van der Waals surface area contributed by atoms with Crippen LogP contribution in [0.15, 0.2) is 23.3 Å². The summed E-state index contributed by atoms with van der Waals surface area (Å²) in [6.07, 6.45) is 3.60. The van der Waals surface area contributed by atoms with Crippen LogP contribution in [0.4, 0.5) is 0 Å². The van der Waals surface area contributed by atoms with E-state index in [0.717, 1.165) is 11.4 Å². The minimum atomic E-state index is 0.133. The summed E-state index contributed by atoms with van der Waals surface area (Å²) in [7, 11) is 1.65. The number of aromatic nitrogens is 1. The van der Waals surface area contributed by atoms with Crippen LogP contribution in [0.1, 0.15) is 11.7 Å². The SMILES string of the molecule is COCCOc1cccnc1C1C=N1. The van der Waals surface area contributed by atoms with E-state index in [1.165, 1.54) is 0 Å². The highest BCUT2D eigenvalue weighted by Crippen LogP contribution is 2.29. The molecule has 1 unspecified atom stereocenters. The van der Waals surface area contributed by atoms with Crippen LogP contribution in [0.3, 0.4) is 0 Å². The molecule has 1 aromatic rings. The highest BCUT2D eigenvalue weighted by Gasteiger charge is 2.21. The van der Waals surface area contributed by atoms with E-state index in [9.17, 15) is 0 Å². The van der Waals surface area contributed by atoms with Crippen LogP contribution in [-0.4, -0.2) is 31.5 Å². The quantitative estimate of drug-likeness (QED) is 0.659. The van der Waals surface area contributed by atoms with E-state index in [1.807, 2.05) is 18.3 Å². The molecule has 2 rings (SSSR count). The van der Waals surface area contributed by atoms with Crippen LogP contribution in [0.5, 0.6) is 5.75 Å². The van der Waals surface area contributed by atoms with Gasteiger partial charge in [-0.15, -0.1) is 0 Å². The zero-order valence-corrected chi connectivity index (χ0v) is 8.01. The van der Waals surface area contributed by atoms with Gasteiger partial charge < -0.3 is 9.47 Å². The van der Waals surface area contributed by atoms with Gasteiger partial charge in [-0.25, -0.2) is 0 Å². The smallest absolute Gasteiger partial charge is 0.143 e. The van der Waals surface area contributed by atoms with Crippen LogP contribution in [-0.2, 0) is 4.74 Å². The molecule has 0 spiro atoms. The largest absolute Gasteiger partial charge is 0.489 e. The van der Waals surface area contributed by atoms with Crippen molar-refractivity contribution in [2.24, 2.45) is 4.99 Å². The first-order valence-corrected chi connectivity index (χ1v) is 4.52. The predicted octanol–water partition coefficient (Wildman–Crippen LogP) is 1.23. The maximum absolute atomic E-state index is 5.51. The molecule has 14 heavy (non-hydrogen) atoms. The first kappa shape index (κ1) is 9.15. The van der Waals surface area contributed by atoms with E-state index in [1.54, 1.807) is 13.3 Å². The zero-order valence-electron chi connectivity index (χ0n) is 8.01. The summed E-state index contributed by atoms with van der Waals surface area (Å²) in [4.78, 5) is 8.29. The Morgan fingerprint density at radius 2 is 2.29 bits per heavy atom. The molecule has 1 aliphatic rings. The van der Waals surface area contributed by atoms with Crippen molar-refractivity contribution >= 4 is 6.21 Å². The van der Waals surface area contributed by atoms with Gasteiger partial charge in [0, 0.05) is 19.5 Å². The minimum Gasteiger partial charge on any atom is -0.489 e. The number of rotatable bonds is 5. The molecule has 2 heterocycles. The summed E-state index contributed by atoms with van der Waals surface area (Å²) in [6, 6.07) is 3.89. The third-order valence-electron chi connectivity index (χ3n) is 1.92. The topological polar surface area (TPSA) is 43.7 Å². The lowest BCUT2D eigenvalue weighted by Gasteiger charge is -2.08. The third kappa shape index (κ3) is 2.09. The van der Waals surface area contributed by atoms with Gasteiger partial charge in [-0.05, 0) is 12.1 Å². The normalized spacial score (nSPS) is 18.2. The van der Waals surface area contributed by atoms with Gasteiger partial charge in [0.05, 0.1) is 6.61 Å². The fourth-order valence-electron chi connectivity index (χ4n) is 1.17. The Balaban J connectivity index is 2.00. The van der Waals surface area contributed by atoms with E-state index in [-0.39, 0.29) is 6.04 Å². The second-order valence-electron chi connectivity index (χ2n) is 2.97. The summed E-state index contributed by atoms with van der Waals surface area (Å²) in [5.74, 6) is 0.798. The Kier molecular flexibility index (Phi) is 2.74. The van der Waals surface area contributed by atoms with Gasteiger partial charge in [-0.2, -0.15) is 0 Å². The van der Waals surface area contributed by atoms with Crippen LogP contribution in [0, 0.1) is 0 Å². The van der Waals surface area contributed by atoms with Gasteiger partial charge in [0.15, 0.2) is 0 Å². The van der Waals surface area contributed by atoms with Gasteiger partial charge in [0.1, 0.15) is 24.1 Å². The number of hydrogen-bond acceptors (Lipinski definition) is 4. The summed E-state index contributed by atoms with van der Waals surface area (Å²) in [5, 5.41) is 0. The molecule has 0 saturated carbocycles. The first-order chi connectivity index (χ1) is 6.92. The number of aliphatic imine (C=N–C) groups is 1. The average Bonchev–Trinajstić information content (AvgIpc) is 3.03. The molecule has 0 amide bonds. The van der Waals surface area contributed by atoms with Crippen LogP contribution in [0.2, 0.25) is 0 Å². The van der Waals surface area contributed by atoms with Gasteiger partial charge in [-0.1, -0.05) is 0 Å². The second-order valence-corrected chi connectivity index (χ2v) is 2.97. The van der Waals surface area contributed by atoms with Gasteiger partial charge in [-0.3, -0.25) is 9.98 Å². The highest BCUT2D eigenvalue weighted by atomic mass is 16.5. The summed E-state index contributed by atoms with van der Waals surface area (Å²) in [5.41, 5.74) is 0.892. The molecule has 74 valence electrons. The van der Waals surface area contributed by atoms with Gasteiger partial charge in [0.2, 0.25) is 0 Å². The van der Waals surface area contributed by atoms with Gasteiger partial charge >= 0.3 is 0 Å². The maximum atomic E-state index is 5.51. The van der Waals surface area contributed by atoms with Crippen molar-refractivity contribution in [3.8, 4) is 5.75 Å². The first-order valence-electron chi connectivity index (χ1n) is 4.52. The van der Waals surface area contributed by atoms with Crippen molar-refractivity contribution in [2.75, 3.05) is 20.3 Å². The lowest BCUT2D eigenvalue weighted by Crippen LogP contribution is -2.06. The highest BCUT2D eigenvalue weighted by molar-refractivity contribution is 5.80. The lowest BCUT2D eigenvalue weighted by molar-refractivity contribution is 0.145. The standard InChI is InChI=1S/C10H12N2O2/c1-13-5-6-14-9-3-2-4-11-10(9)8-7-12-8/h2-4,7-8H,5-6H2,1H3.